The zero-order valence-corrected chi connectivity index (χ0v) is 13.5. The number of nitrogens with two attached hydrogens (primary N) is 1. The molecule has 1 aliphatic heterocycles. The first-order valence-corrected chi connectivity index (χ1v) is 8.06. The number of aromatic nitrogens is 1. The van der Waals surface area contributed by atoms with Crippen molar-refractivity contribution in [1.29, 1.82) is 0 Å². The molecule has 26 heavy (non-hydrogen) atoms. The number of benzene rings is 2. The van der Waals surface area contributed by atoms with Crippen molar-refractivity contribution in [3.8, 4) is 5.75 Å². The first-order chi connectivity index (χ1) is 12.5. The quantitative estimate of drug-likeness (QED) is 0.482. The molecular formula is C18H14N3O5-. The van der Waals surface area contributed by atoms with Crippen LogP contribution in [0.5, 0.6) is 5.75 Å². The minimum atomic E-state index is -1.23. The van der Waals surface area contributed by atoms with Crippen LogP contribution in [0.15, 0.2) is 42.5 Å². The highest BCUT2D eigenvalue weighted by Crippen LogP contribution is 2.35. The topological polar surface area (TPSA) is 139 Å². The van der Waals surface area contributed by atoms with Crippen molar-refractivity contribution in [1.82, 2.24) is 4.98 Å². The third-order valence-corrected chi connectivity index (χ3v) is 4.85. The summed E-state index contributed by atoms with van der Waals surface area (Å²) in [6.45, 7) is 0. The molecule has 0 amide bonds. The summed E-state index contributed by atoms with van der Waals surface area (Å²) in [4.78, 5) is 25.3. The number of quaternary nitrogens is 1. The van der Waals surface area contributed by atoms with Gasteiger partial charge < -0.3 is 25.3 Å². The van der Waals surface area contributed by atoms with Crippen LogP contribution in [-0.2, 0) is 11.2 Å². The summed E-state index contributed by atoms with van der Waals surface area (Å²) in [5, 5.41) is 37.4. The second kappa shape index (κ2) is 5.85. The van der Waals surface area contributed by atoms with E-state index >= 15 is 0 Å². The molecule has 0 spiro atoms. The number of hydrogen-bond donors (Lipinski definition) is 2. The Morgan fingerprint density at radius 1 is 1.23 bits per heavy atom. The standard InChI is InChI=1S/C18H15N3O5/c22-15-6-5-9(21(25)26)7-12(15)17-16-11(8-14(20-17)18(23)24)10-3-1-2-4-13(10)19-16/h1-7,14,17,19-20,22H,8H2,(H,23,24)/p-1/t14-,17+/m0/s1. The molecule has 132 valence electrons. The predicted molar refractivity (Wildman–Crippen MR) is 87.1 cm³/mol. The minimum Gasteiger partial charge on any atom is -0.872 e. The molecule has 0 fully saturated rings. The van der Waals surface area contributed by atoms with E-state index in [9.17, 15) is 25.1 Å². The summed E-state index contributed by atoms with van der Waals surface area (Å²) in [6, 6.07) is 9.40. The lowest BCUT2D eigenvalue weighted by Gasteiger charge is -2.30. The Hall–Kier alpha value is -3.39. The number of carboxylic acid groups (broad SMARTS) is 1. The molecule has 0 unspecified atom stereocenters. The molecule has 3 aromatic rings. The van der Waals surface area contributed by atoms with Crippen molar-refractivity contribution in [2.45, 2.75) is 18.5 Å². The van der Waals surface area contributed by atoms with Crippen LogP contribution >= 0.6 is 0 Å². The van der Waals surface area contributed by atoms with Crippen LogP contribution in [0.2, 0.25) is 0 Å². The van der Waals surface area contributed by atoms with Gasteiger partial charge in [-0.3, -0.25) is 10.1 Å². The van der Waals surface area contributed by atoms with Gasteiger partial charge in [0.1, 0.15) is 6.04 Å². The van der Waals surface area contributed by atoms with Gasteiger partial charge in [0.25, 0.3) is 5.69 Å². The summed E-state index contributed by atoms with van der Waals surface area (Å²) in [7, 11) is 0. The molecule has 1 aliphatic rings. The maximum absolute atomic E-state index is 12.4. The molecule has 2 atom stereocenters. The van der Waals surface area contributed by atoms with Gasteiger partial charge in [-0.25, -0.2) is 0 Å². The van der Waals surface area contributed by atoms with Gasteiger partial charge in [-0.15, -0.1) is 0 Å². The van der Waals surface area contributed by atoms with E-state index in [-0.39, 0.29) is 23.4 Å². The van der Waals surface area contributed by atoms with E-state index in [4.69, 9.17) is 0 Å². The van der Waals surface area contributed by atoms with Gasteiger partial charge in [0, 0.05) is 35.0 Å². The van der Waals surface area contributed by atoms with Crippen molar-refractivity contribution in [2.24, 2.45) is 0 Å². The van der Waals surface area contributed by atoms with E-state index in [0.29, 0.717) is 5.69 Å². The average molecular weight is 352 g/mol. The molecule has 3 N–H and O–H groups in total. The number of non-ortho nitro benzene ring substituents is 1. The van der Waals surface area contributed by atoms with Gasteiger partial charge in [-0.1, -0.05) is 30.0 Å². The fourth-order valence-corrected chi connectivity index (χ4v) is 3.64. The molecule has 0 bridgehead atoms. The zero-order chi connectivity index (χ0) is 18.4. The Labute approximate surface area is 147 Å². The lowest BCUT2D eigenvalue weighted by atomic mass is 9.90. The van der Waals surface area contributed by atoms with Crippen LogP contribution in [0.4, 0.5) is 5.69 Å². The molecule has 8 nitrogen and oxygen atoms in total. The molecule has 8 heteroatoms. The largest absolute Gasteiger partial charge is 0.872 e. The number of rotatable bonds is 3. The molecular weight excluding hydrogens is 338 g/mol. The van der Waals surface area contributed by atoms with E-state index in [1.54, 1.807) is 0 Å². The first-order valence-electron chi connectivity index (χ1n) is 8.06. The summed E-state index contributed by atoms with van der Waals surface area (Å²) in [5.41, 5.74) is 2.29. The molecule has 0 aliphatic carbocycles. The number of nitrogens with zero attached hydrogens (tertiary/aromatic N) is 1. The van der Waals surface area contributed by atoms with Crippen LogP contribution in [0.25, 0.3) is 10.9 Å². The summed E-state index contributed by atoms with van der Waals surface area (Å²) in [5.74, 6) is -1.61. The lowest BCUT2D eigenvalue weighted by molar-refractivity contribution is -0.717. The molecule has 0 saturated heterocycles. The van der Waals surface area contributed by atoms with Gasteiger partial charge in [0.15, 0.2) is 6.04 Å². The lowest BCUT2D eigenvalue weighted by Crippen LogP contribution is -2.95. The molecule has 0 saturated carbocycles. The monoisotopic (exact) mass is 352 g/mol. The fourth-order valence-electron chi connectivity index (χ4n) is 3.64. The highest BCUT2D eigenvalue weighted by Gasteiger charge is 2.35. The minimum absolute atomic E-state index is 0.179. The molecule has 1 aromatic heterocycles. The number of nitro benzene ring substituents is 1. The first kappa shape index (κ1) is 16.1. The van der Waals surface area contributed by atoms with E-state index in [0.717, 1.165) is 28.6 Å². The van der Waals surface area contributed by atoms with Crippen molar-refractivity contribution in [3.05, 3.63) is 69.4 Å². The number of aromatic amines is 1. The summed E-state index contributed by atoms with van der Waals surface area (Å²) >= 11 is 0. The van der Waals surface area contributed by atoms with Crippen molar-refractivity contribution < 1.29 is 25.2 Å². The van der Waals surface area contributed by atoms with Crippen LogP contribution in [0, 0.1) is 10.1 Å². The van der Waals surface area contributed by atoms with Crippen molar-refractivity contribution in [3.63, 3.8) is 0 Å². The number of para-hydroxylation sites is 1. The van der Waals surface area contributed by atoms with Crippen molar-refractivity contribution >= 4 is 22.6 Å². The maximum atomic E-state index is 12.4. The Morgan fingerprint density at radius 3 is 2.73 bits per heavy atom. The van der Waals surface area contributed by atoms with Crippen LogP contribution in [0.3, 0.4) is 0 Å². The van der Waals surface area contributed by atoms with Gasteiger partial charge in [0.2, 0.25) is 0 Å². The van der Waals surface area contributed by atoms with E-state index in [2.05, 4.69) is 4.98 Å². The third kappa shape index (κ3) is 2.47. The Bertz CT molecular complexity index is 1040. The number of aliphatic carboxylic acids is 1. The SMILES string of the molecule is O=C([O-])[C@@H]1Cc2c([nH]c3ccccc23)[C@@H](c2cc([N+](=O)[O-])ccc2[O-])[NH2+]1. The normalized spacial score (nSPS) is 19.2. The third-order valence-electron chi connectivity index (χ3n) is 4.85. The fraction of sp³-hybridized carbons (Fsp3) is 0.167. The smallest absolute Gasteiger partial charge is 0.269 e. The molecule has 2 aromatic carbocycles. The molecule has 0 radical (unpaired) electrons. The van der Waals surface area contributed by atoms with Gasteiger partial charge in [0.05, 0.1) is 16.6 Å². The number of carbonyl (C=O) groups is 1. The second-order valence-corrected chi connectivity index (χ2v) is 6.34. The summed E-state index contributed by atoms with van der Waals surface area (Å²) in [6.07, 6.45) is 0.251. The van der Waals surface area contributed by atoms with Gasteiger partial charge in [-0.05, 0) is 11.6 Å². The molecule has 2 heterocycles. The number of H-pyrrole nitrogens is 1. The highest BCUT2D eigenvalue weighted by atomic mass is 16.6. The zero-order valence-electron chi connectivity index (χ0n) is 13.5. The maximum Gasteiger partial charge on any atom is 0.269 e. The van der Waals surface area contributed by atoms with Crippen LogP contribution < -0.4 is 15.5 Å². The number of fused-ring (bicyclic) bond motifs is 3. The number of carbonyl (C=O) groups excluding carboxylic acids is 1. The van der Waals surface area contributed by atoms with E-state index in [1.807, 2.05) is 24.3 Å². The van der Waals surface area contributed by atoms with Crippen LogP contribution in [0.1, 0.15) is 22.9 Å². The molecule has 4 rings (SSSR count). The van der Waals surface area contributed by atoms with Crippen LogP contribution in [-0.4, -0.2) is 21.9 Å². The predicted octanol–water partition coefficient (Wildman–Crippen LogP) is -0.523. The Kier molecular flexibility index (Phi) is 3.62. The number of nitro groups is 1. The number of carboxylic acids is 1. The number of nitrogens with one attached hydrogen (secondary N) is 1. The van der Waals surface area contributed by atoms with E-state index < -0.39 is 23.0 Å². The Morgan fingerprint density at radius 2 is 2.00 bits per heavy atom. The highest BCUT2D eigenvalue weighted by molar-refractivity contribution is 5.86. The van der Waals surface area contributed by atoms with Gasteiger partial charge in [-0.2, -0.15) is 0 Å². The summed E-state index contributed by atoms with van der Waals surface area (Å²) < 4.78 is 0. The Balaban J connectivity index is 1.93. The van der Waals surface area contributed by atoms with E-state index in [1.165, 1.54) is 11.4 Å². The van der Waals surface area contributed by atoms with Crippen molar-refractivity contribution in [2.75, 3.05) is 0 Å². The van der Waals surface area contributed by atoms with Gasteiger partial charge >= 0.3 is 0 Å². The average Bonchev–Trinajstić information content (AvgIpc) is 3.00. The number of hydrogen-bond acceptors (Lipinski definition) is 5. The second-order valence-electron chi connectivity index (χ2n) is 6.34.